The zero-order valence-electron chi connectivity index (χ0n) is 17.9. The van der Waals surface area contributed by atoms with Crippen LogP contribution in [0, 0.1) is 11.8 Å². The van der Waals surface area contributed by atoms with Gasteiger partial charge in [0.15, 0.2) is 11.5 Å². The van der Waals surface area contributed by atoms with Gasteiger partial charge in [-0.15, -0.1) is 0 Å². The van der Waals surface area contributed by atoms with Gasteiger partial charge >= 0.3 is 5.97 Å². The number of carbonyl (C=O) groups excluding carboxylic acids is 1. The van der Waals surface area contributed by atoms with Crippen LogP contribution in [0.1, 0.15) is 30.6 Å². The van der Waals surface area contributed by atoms with Crippen LogP contribution in [-0.4, -0.2) is 56.4 Å². The summed E-state index contributed by atoms with van der Waals surface area (Å²) in [6, 6.07) is 4.32. The number of hydrogen-bond acceptors (Lipinski definition) is 6. The second kappa shape index (κ2) is 7.23. The van der Waals surface area contributed by atoms with Crippen molar-refractivity contribution < 1.29 is 23.7 Å². The Hall–Kier alpha value is -2.67. The number of nitrogens with one attached hydrogen (secondary N) is 1. The minimum absolute atomic E-state index is 0.0852. The van der Waals surface area contributed by atoms with Crippen molar-refractivity contribution in [1.29, 1.82) is 0 Å². The van der Waals surface area contributed by atoms with Crippen molar-refractivity contribution in [3.05, 3.63) is 35.2 Å². The van der Waals surface area contributed by atoms with Gasteiger partial charge in [-0.2, -0.15) is 0 Å². The number of methoxy groups -OCH3 is 3. The van der Waals surface area contributed by atoms with Crippen LogP contribution < -0.4 is 9.47 Å². The van der Waals surface area contributed by atoms with Gasteiger partial charge in [0, 0.05) is 47.6 Å². The van der Waals surface area contributed by atoms with Gasteiger partial charge < -0.3 is 23.9 Å². The number of aromatic amines is 1. The van der Waals surface area contributed by atoms with E-state index in [1.54, 1.807) is 20.5 Å². The first-order chi connectivity index (χ1) is 14.5. The number of carbonyl (C=O) groups is 1. The van der Waals surface area contributed by atoms with E-state index in [0.717, 1.165) is 42.9 Å². The van der Waals surface area contributed by atoms with Crippen LogP contribution in [0.4, 0.5) is 0 Å². The molecule has 30 heavy (non-hydrogen) atoms. The van der Waals surface area contributed by atoms with Gasteiger partial charge in [-0.25, -0.2) is 4.79 Å². The summed E-state index contributed by atoms with van der Waals surface area (Å²) >= 11 is 0. The molecule has 7 heteroatoms. The molecule has 0 amide bonds. The summed E-state index contributed by atoms with van der Waals surface area (Å²) in [5.41, 5.74) is 4.31. The summed E-state index contributed by atoms with van der Waals surface area (Å²) in [6.07, 6.45) is 3.56. The summed E-state index contributed by atoms with van der Waals surface area (Å²) in [4.78, 5) is 18.6. The van der Waals surface area contributed by atoms with E-state index in [2.05, 4.69) is 22.9 Å². The largest absolute Gasteiger partial charge is 0.497 e. The van der Waals surface area contributed by atoms with Crippen molar-refractivity contribution in [3.8, 4) is 11.5 Å². The molecule has 0 unspecified atom stereocenters. The summed E-state index contributed by atoms with van der Waals surface area (Å²) in [7, 11) is 4.75. The van der Waals surface area contributed by atoms with Crippen molar-refractivity contribution in [3.63, 3.8) is 0 Å². The van der Waals surface area contributed by atoms with Gasteiger partial charge in [-0.05, 0) is 31.4 Å². The Morgan fingerprint density at radius 1 is 1.20 bits per heavy atom. The van der Waals surface area contributed by atoms with E-state index in [-0.39, 0.29) is 30.0 Å². The number of rotatable bonds is 3. The summed E-state index contributed by atoms with van der Waals surface area (Å²) in [5, 5.41) is 1.19. The molecule has 0 saturated carbocycles. The lowest BCUT2D eigenvalue weighted by Gasteiger charge is -2.49. The average molecular weight is 412 g/mol. The Morgan fingerprint density at radius 3 is 2.70 bits per heavy atom. The highest BCUT2D eigenvalue weighted by Gasteiger charge is 2.47. The molecule has 5 rings (SSSR count). The molecule has 4 heterocycles. The van der Waals surface area contributed by atoms with Gasteiger partial charge in [0.25, 0.3) is 0 Å². The Kier molecular flexibility index (Phi) is 4.65. The van der Waals surface area contributed by atoms with Gasteiger partial charge in [0.2, 0.25) is 0 Å². The number of fused-ring (bicyclic) bond motifs is 6. The number of esters is 1. The SMILES string of the molecule is COC(=O)C1=CO[C@@H](C)[C@@H]2CN3CCc4c([nH]c5cc(OC)c(OC)cc45)[C@H]3C[C@H]12. The lowest BCUT2D eigenvalue weighted by atomic mass is 9.72. The molecule has 4 atom stereocenters. The number of hydrogen-bond donors (Lipinski definition) is 1. The van der Waals surface area contributed by atoms with E-state index in [0.29, 0.717) is 5.57 Å². The highest BCUT2D eigenvalue weighted by molar-refractivity contribution is 5.89. The van der Waals surface area contributed by atoms with E-state index >= 15 is 0 Å². The number of benzene rings is 1. The van der Waals surface area contributed by atoms with Crippen LogP contribution in [-0.2, 0) is 20.7 Å². The Bertz CT molecular complexity index is 1030. The number of piperidine rings is 1. The van der Waals surface area contributed by atoms with Crippen molar-refractivity contribution in [1.82, 2.24) is 9.88 Å². The quantitative estimate of drug-likeness (QED) is 0.781. The smallest absolute Gasteiger partial charge is 0.337 e. The van der Waals surface area contributed by atoms with E-state index < -0.39 is 0 Å². The third-order valence-corrected chi connectivity index (χ3v) is 7.14. The topological polar surface area (TPSA) is 73.0 Å². The molecular weight excluding hydrogens is 384 g/mol. The third kappa shape index (κ3) is 2.79. The normalized spacial score (nSPS) is 27.9. The molecule has 1 fully saturated rings. The fourth-order valence-corrected chi connectivity index (χ4v) is 5.56. The van der Waals surface area contributed by atoms with Gasteiger partial charge in [0.1, 0.15) is 0 Å². The van der Waals surface area contributed by atoms with Gasteiger partial charge in [-0.1, -0.05) is 0 Å². The second-order valence-electron chi connectivity index (χ2n) is 8.44. The van der Waals surface area contributed by atoms with Gasteiger partial charge in [0.05, 0.1) is 45.3 Å². The molecule has 0 radical (unpaired) electrons. The lowest BCUT2D eigenvalue weighted by molar-refractivity contribution is -0.139. The van der Waals surface area contributed by atoms with E-state index in [1.807, 2.05) is 6.07 Å². The summed E-state index contributed by atoms with van der Waals surface area (Å²) in [5.74, 6) is 1.59. The summed E-state index contributed by atoms with van der Waals surface area (Å²) < 4.78 is 21.9. The first kappa shape index (κ1) is 19.3. The molecule has 1 N–H and O–H groups in total. The van der Waals surface area contributed by atoms with Crippen LogP contribution >= 0.6 is 0 Å². The molecule has 3 aliphatic rings. The molecule has 1 aromatic carbocycles. The fourth-order valence-electron chi connectivity index (χ4n) is 5.56. The molecule has 1 saturated heterocycles. The predicted octanol–water partition coefficient (Wildman–Crippen LogP) is 3.20. The molecule has 3 aliphatic heterocycles. The molecular formula is C23H28N2O5. The lowest BCUT2D eigenvalue weighted by Crippen LogP contribution is -2.51. The first-order valence-corrected chi connectivity index (χ1v) is 10.5. The molecule has 0 spiro atoms. The predicted molar refractivity (Wildman–Crippen MR) is 112 cm³/mol. The van der Waals surface area contributed by atoms with Crippen molar-refractivity contribution in [2.45, 2.75) is 31.9 Å². The maximum Gasteiger partial charge on any atom is 0.337 e. The maximum absolute atomic E-state index is 12.4. The number of aromatic nitrogens is 1. The molecule has 0 aliphatic carbocycles. The highest BCUT2D eigenvalue weighted by Crippen LogP contribution is 2.48. The van der Waals surface area contributed by atoms with Crippen LogP contribution in [0.25, 0.3) is 10.9 Å². The minimum atomic E-state index is -0.285. The van der Waals surface area contributed by atoms with E-state index in [9.17, 15) is 4.79 Å². The van der Waals surface area contributed by atoms with Crippen molar-refractivity contribution in [2.75, 3.05) is 34.4 Å². The standard InChI is InChI=1S/C23H28N2O5/c1-12-16-10-25-6-5-13-15-8-20(27-2)21(28-3)9-18(15)24-22(13)19(25)7-14(16)17(11-30-12)23(26)29-4/h8-9,11-12,14,16,19,24H,5-7,10H2,1-4H3/t12-,14-,16-,19+/m0/s1. The molecule has 160 valence electrons. The Balaban J connectivity index is 1.56. The Labute approximate surface area is 175 Å². The molecule has 7 nitrogen and oxygen atoms in total. The number of ether oxygens (including phenoxy) is 4. The molecule has 2 aromatic rings. The number of nitrogens with zero attached hydrogens (tertiary/aromatic N) is 1. The van der Waals surface area contributed by atoms with Crippen molar-refractivity contribution >= 4 is 16.9 Å². The molecule has 1 aromatic heterocycles. The fraction of sp³-hybridized carbons (Fsp3) is 0.522. The highest BCUT2D eigenvalue weighted by atomic mass is 16.5. The third-order valence-electron chi connectivity index (χ3n) is 7.14. The maximum atomic E-state index is 12.4. The van der Waals surface area contributed by atoms with Crippen molar-refractivity contribution in [2.24, 2.45) is 11.8 Å². The van der Waals surface area contributed by atoms with E-state index in [1.165, 1.54) is 23.8 Å². The zero-order chi connectivity index (χ0) is 21.0. The second-order valence-corrected chi connectivity index (χ2v) is 8.44. The van der Waals surface area contributed by atoms with Crippen LogP contribution in [0.15, 0.2) is 24.0 Å². The molecule has 0 bridgehead atoms. The Morgan fingerprint density at radius 2 is 1.97 bits per heavy atom. The van der Waals surface area contributed by atoms with Crippen LogP contribution in [0.2, 0.25) is 0 Å². The summed E-state index contributed by atoms with van der Waals surface area (Å²) in [6.45, 7) is 4.00. The van der Waals surface area contributed by atoms with E-state index in [4.69, 9.17) is 18.9 Å². The minimum Gasteiger partial charge on any atom is -0.497 e. The number of H-pyrrole nitrogens is 1. The van der Waals surface area contributed by atoms with Crippen LogP contribution in [0.5, 0.6) is 11.5 Å². The van der Waals surface area contributed by atoms with Gasteiger partial charge in [-0.3, -0.25) is 4.90 Å². The zero-order valence-corrected chi connectivity index (χ0v) is 17.9. The average Bonchev–Trinajstić information content (AvgIpc) is 3.14. The first-order valence-electron chi connectivity index (χ1n) is 10.5. The van der Waals surface area contributed by atoms with Crippen LogP contribution in [0.3, 0.4) is 0 Å². The monoisotopic (exact) mass is 412 g/mol.